The van der Waals surface area contributed by atoms with Crippen molar-refractivity contribution in [3.63, 3.8) is 0 Å². The van der Waals surface area contributed by atoms with Crippen molar-refractivity contribution in [2.24, 2.45) is 5.92 Å². The number of carbonyl (C=O) groups is 1. The lowest BCUT2D eigenvalue weighted by atomic mass is 9.91. The van der Waals surface area contributed by atoms with E-state index in [9.17, 15) is 4.79 Å². The molecule has 1 aliphatic rings. The molecule has 20 heavy (non-hydrogen) atoms. The highest BCUT2D eigenvalue weighted by atomic mass is 16.1. The number of nitrogens with zero attached hydrogens (tertiary/aromatic N) is 1. The van der Waals surface area contributed by atoms with Gasteiger partial charge in [-0.3, -0.25) is 4.79 Å². The van der Waals surface area contributed by atoms with E-state index in [1.165, 1.54) is 38.8 Å². The second kappa shape index (κ2) is 8.21. The highest BCUT2D eigenvalue weighted by Crippen LogP contribution is 2.19. The number of ketones is 1. The van der Waals surface area contributed by atoms with Gasteiger partial charge in [0.2, 0.25) is 0 Å². The third kappa shape index (κ3) is 4.45. The largest absolute Gasteiger partial charge is 0.303 e. The maximum absolute atomic E-state index is 12.7. The Hall–Kier alpha value is -1.15. The normalized spacial score (nSPS) is 17.9. The van der Waals surface area contributed by atoms with Crippen LogP contribution in [0, 0.1) is 5.92 Å². The molecular weight excluding hydrogens is 246 g/mol. The molecule has 1 atom stereocenters. The maximum Gasteiger partial charge on any atom is 0.167 e. The first-order chi connectivity index (χ1) is 9.81. The zero-order valence-corrected chi connectivity index (χ0v) is 12.7. The lowest BCUT2D eigenvalue weighted by Crippen LogP contribution is -2.36. The van der Waals surface area contributed by atoms with E-state index in [1.54, 1.807) is 0 Å². The summed E-state index contributed by atoms with van der Waals surface area (Å²) in [5, 5.41) is 0. The molecule has 0 unspecified atom stereocenters. The minimum Gasteiger partial charge on any atom is -0.303 e. The van der Waals surface area contributed by atoms with Gasteiger partial charge >= 0.3 is 0 Å². The Morgan fingerprint density at radius 2 is 1.85 bits per heavy atom. The number of hydrogen-bond donors (Lipinski definition) is 0. The van der Waals surface area contributed by atoms with E-state index in [0.717, 1.165) is 24.9 Å². The third-order valence-corrected chi connectivity index (χ3v) is 4.26. The lowest BCUT2D eigenvalue weighted by Gasteiger charge is -2.30. The molecule has 1 aromatic rings. The van der Waals surface area contributed by atoms with Crippen molar-refractivity contribution in [2.75, 3.05) is 19.6 Å². The number of rotatable bonds is 7. The van der Waals surface area contributed by atoms with Gasteiger partial charge in [0.15, 0.2) is 5.78 Å². The molecule has 2 nitrogen and oxygen atoms in total. The van der Waals surface area contributed by atoms with Crippen LogP contribution in [0.3, 0.4) is 0 Å². The van der Waals surface area contributed by atoms with Crippen LogP contribution in [-0.4, -0.2) is 30.3 Å². The molecule has 0 saturated carbocycles. The van der Waals surface area contributed by atoms with E-state index in [-0.39, 0.29) is 5.92 Å². The SMILES string of the molecule is CCCC[C@H](CN1CCCCC1)C(=O)c1ccccc1. The van der Waals surface area contributed by atoms with Crippen molar-refractivity contribution in [1.82, 2.24) is 4.90 Å². The summed E-state index contributed by atoms with van der Waals surface area (Å²) in [6.07, 6.45) is 7.28. The minimum atomic E-state index is 0.176. The Balaban J connectivity index is 2.00. The van der Waals surface area contributed by atoms with Crippen molar-refractivity contribution in [1.29, 1.82) is 0 Å². The molecule has 2 rings (SSSR count). The molecule has 0 spiro atoms. The van der Waals surface area contributed by atoms with Gasteiger partial charge in [0.1, 0.15) is 0 Å². The molecule has 0 radical (unpaired) electrons. The highest BCUT2D eigenvalue weighted by Gasteiger charge is 2.23. The first kappa shape index (κ1) is 15.2. The van der Waals surface area contributed by atoms with Crippen LogP contribution in [0.15, 0.2) is 30.3 Å². The first-order valence-corrected chi connectivity index (χ1v) is 8.13. The van der Waals surface area contributed by atoms with Crippen molar-refractivity contribution in [3.05, 3.63) is 35.9 Å². The zero-order valence-electron chi connectivity index (χ0n) is 12.7. The van der Waals surface area contributed by atoms with Crippen LogP contribution >= 0.6 is 0 Å². The second-order valence-electron chi connectivity index (χ2n) is 5.93. The Labute approximate surface area is 123 Å². The molecule has 110 valence electrons. The fourth-order valence-corrected chi connectivity index (χ4v) is 3.05. The highest BCUT2D eigenvalue weighted by molar-refractivity contribution is 5.97. The van der Waals surface area contributed by atoms with Crippen LogP contribution in [-0.2, 0) is 0 Å². The van der Waals surface area contributed by atoms with Gasteiger partial charge in [-0.15, -0.1) is 0 Å². The summed E-state index contributed by atoms with van der Waals surface area (Å²) in [4.78, 5) is 15.2. The van der Waals surface area contributed by atoms with Crippen molar-refractivity contribution < 1.29 is 4.79 Å². The van der Waals surface area contributed by atoms with Crippen LogP contribution < -0.4 is 0 Å². The fraction of sp³-hybridized carbons (Fsp3) is 0.611. The van der Waals surface area contributed by atoms with Gasteiger partial charge in [-0.1, -0.05) is 56.5 Å². The third-order valence-electron chi connectivity index (χ3n) is 4.26. The maximum atomic E-state index is 12.7. The zero-order chi connectivity index (χ0) is 14.2. The summed E-state index contributed by atoms with van der Waals surface area (Å²) in [5.74, 6) is 0.514. The Morgan fingerprint density at radius 3 is 2.50 bits per heavy atom. The van der Waals surface area contributed by atoms with Gasteiger partial charge in [0, 0.05) is 18.0 Å². The van der Waals surface area contributed by atoms with Crippen LogP contribution in [0.4, 0.5) is 0 Å². The average molecular weight is 273 g/mol. The summed E-state index contributed by atoms with van der Waals surface area (Å²) in [6.45, 7) is 5.49. The number of likely N-dealkylation sites (tertiary alicyclic amines) is 1. The molecule has 1 fully saturated rings. The van der Waals surface area contributed by atoms with Gasteiger partial charge in [0.25, 0.3) is 0 Å². The minimum absolute atomic E-state index is 0.176. The Bertz CT molecular complexity index is 395. The van der Waals surface area contributed by atoms with Crippen LogP contribution in [0.2, 0.25) is 0 Å². The van der Waals surface area contributed by atoms with E-state index in [4.69, 9.17) is 0 Å². The molecule has 0 N–H and O–H groups in total. The smallest absolute Gasteiger partial charge is 0.167 e. The van der Waals surface area contributed by atoms with E-state index >= 15 is 0 Å². The van der Waals surface area contributed by atoms with Gasteiger partial charge in [-0.05, 0) is 32.4 Å². The number of piperidine rings is 1. The molecule has 1 aromatic carbocycles. The standard InChI is InChI=1S/C18H27NO/c1-2-3-10-17(15-19-13-8-5-9-14-19)18(20)16-11-6-4-7-12-16/h4,6-7,11-12,17H,2-3,5,8-10,13-15H2,1H3/t17-/m1/s1. The summed E-state index contributed by atoms with van der Waals surface area (Å²) in [6, 6.07) is 9.81. The molecular formula is C18H27NO. The number of unbranched alkanes of at least 4 members (excludes halogenated alkanes) is 1. The molecule has 0 aliphatic carbocycles. The van der Waals surface area contributed by atoms with Crippen LogP contribution in [0.1, 0.15) is 55.8 Å². The number of hydrogen-bond acceptors (Lipinski definition) is 2. The molecule has 1 saturated heterocycles. The van der Waals surface area contributed by atoms with Crippen molar-refractivity contribution in [3.8, 4) is 0 Å². The van der Waals surface area contributed by atoms with E-state index in [0.29, 0.717) is 5.78 Å². The topological polar surface area (TPSA) is 20.3 Å². The molecule has 1 aliphatic heterocycles. The van der Waals surface area contributed by atoms with Gasteiger partial charge in [-0.25, -0.2) is 0 Å². The molecule has 2 heteroatoms. The summed E-state index contributed by atoms with van der Waals surface area (Å²) >= 11 is 0. The molecule has 1 heterocycles. The second-order valence-corrected chi connectivity index (χ2v) is 5.93. The monoisotopic (exact) mass is 273 g/mol. The Kier molecular flexibility index (Phi) is 6.25. The van der Waals surface area contributed by atoms with Gasteiger partial charge in [0.05, 0.1) is 0 Å². The van der Waals surface area contributed by atoms with E-state index in [2.05, 4.69) is 11.8 Å². The first-order valence-electron chi connectivity index (χ1n) is 8.13. The van der Waals surface area contributed by atoms with Gasteiger partial charge in [-0.2, -0.15) is 0 Å². The lowest BCUT2D eigenvalue weighted by molar-refractivity contribution is 0.0856. The van der Waals surface area contributed by atoms with Gasteiger partial charge < -0.3 is 4.90 Å². The predicted octanol–water partition coefficient (Wildman–Crippen LogP) is 4.16. The summed E-state index contributed by atoms with van der Waals surface area (Å²) in [5.41, 5.74) is 0.880. The number of carbonyl (C=O) groups excluding carboxylic acids is 1. The predicted molar refractivity (Wildman–Crippen MR) is 84.1 cm³/mol. The summed E-state index contributed by atoms with van der Waals surface area (Å²) in [7, 11) is 0. The molecule has 0 aromatic heterocycles. The quantitative estimate of drug-likeness (QED) is 0.695. The van der Waals surface area contributed by atoms with Crippen molar-refractivity contribution >= 4 is 5.78 Å². The molecule has 0 amide bonds. The summed E-state index contributed by atoms with van der Waals surface area (Å²) < 4.78 is 0. The van der Waals surface area contributed by atoms with E-state index in [1.807, 2.05) is 30.3 Å². The van der Waals surface area contributed by atoms with Crippen molar-refractivity contribution in [2.45, 2.75) is 45.4 Å². The average Bonchev–Trinajstić information content (AvgIpc) is 2.52. The number of benzene rings is 1. The van der Waals surface area contributed by atoms with Crippen LogP contribution in [0.5, 0.6) is 0 Å². The fourth-order valence-electron chi connectivity index (χ4n) is 3.05. The van der Waals surface area contributed by atoms with E-state index < -0.39 is 0 Å². The number of Topliss-reactive ketones (excluding diaryl/α,β-unsaturated/α-hetero) is 1. The Morgan fingerprint density at radius 1 is 1.15 bits per heavy atom. The molecule has 0 bridgehead atoms. The van der Waals surface area contributed by atoms with Crippen LogP contribution in [0.25, 0.3) is 0 Å².